The van der Waals surface area contributed by atoms with E-state index in [4.69, 9.17) is 22.4 Å². The Morgan fingerprint density at radius 2 is 2.12 bits per heavy atom. The van der Waals surface area contributed by atoms with Crippen LogP contribution in [0.25, 0.3) is 0 Å². The van der Waals surface area contributed by atoms with Gasteiger partial charge in [0, 0.05) is 12.1 Å². The first-order valence-corrected chi connectivity index (χ1v) is 5.19. The largest absolute Gasteiger partial charge is 0.506 e. The average molecular weight is 244 g/mol. The highest BCUT2D eigenvalue weighted by Gasteiger charge is 2.24. The fourth-order valence-corrected chi connectivity index (χ4v) is 1.77. The Balaban J connectivity index is 3.39. The zero-order chi connectivity index (χ0) is 12.5. The van der Waals surface area contributed by atoms with Crippen LogP contribution in [0.15, 0.2) is 6.07 Å². The molecule has 0 fully saturated rings. The molecule has 1 aromatic rings. The lowest BCUT2D eigenvalue weighted by Crippen LogP contribution is -2.21. The van der Waals surface area contributed by atoms with Crippen molar-refractivity contribution >= 4 is 17.6 Å². The summed E-state index contributed by atoms with van der Waals surface area (Å²) in [6, 6.07) is 1.61. The summed E-state index contributed by atoms with van der Waals surface area (Å²) in [5.41, 5.74) is 7.22. The van der Waals surface area contributed by atoms with E-state index < -0.39 is 11.9 Å². The maximum atomic E-state index is 11.0. The minimum Gasteiger partial charge on any atom is -0.506 e. The molecule has 0 bridgehead atoms. The first kappa shape index (κ1) is 12.8. The number of phenols is 1. The van der Waals surface area contributed by atoms with E-state index in [1.807, 2.05) is 0 Å². The van der Waals surface area contributed by atoms with E-state index in [-0.39, 0.29) is 22.9 Å². The lowest BCUT2D eigenvalue weighted by Gasteiger charge is -2.15. The number of halogens is 1. The molecule has 0 saturated carbocycles. The summed E-state index contributed by atoms with van der Waals surface area (Å²) < 4.78 is 0. The monoisotopic (exact) mass is 243 g/mol. The highest BCUT2D eigenvalue weighted by molar-refractivity contribution is 6.33. The molecule has 4 N–H and O–H groups in total. The lowest BCUT2D eigenvalue weighted by atomic mass is 9.94. The topological polar surface area (TPSA) is 83.6 Å². The van der Waals surface area contributed by atoms with Gasteiger partial charge in [0.1, 0.15) is 5.75 Å². The van der Waals surface area contributed by atoms with Gasteiger partial charge in [-0.1, -0.05) is 17.7 Å². The number of aromatic hydroxyl groups is 1. The van der Waals surface area contributed by atoms with Crippen LogP contribution in [-0.2, 0) is 4.79 Å². The van der Waals surface area contributed by atoms with E-state index in [0.29, 0.717) is 0 Å². The molecule has 1 rings (SSSR count). The molecule has 0 spiro atoms. The van der Waals surface area contributed by atoms with E-state index in [2.05, 4.69) is 0 Å². The number of carbonyl (C=O) groups is 1. The van der Waals surface area contributed by atoms with Crippen LogP contribution in [-0.4, -0.2) is 22.7 Å². The molecule has 4 nitrogen and oxygen atoms in total. The van der Waals surface area contributed by atoms with Crippen molar-refractivity contribution in [2.45, 2.75) is 19.8 Å². The fourth-order valence-electron chi connectivity index (χ4n) is 1.51. The van der Waals surface area contributed by atoms with Crippen LogP contribution in [0.5, 0.6) is 5.75 Å². The summed E-state index contributed by atoms with van der Waals surface area (Å²) in [4.78, 5) is 11.0. The molecule has 0 aromatic heterocycles. The molecule has 5 heteroatoms. The number of nitrogens with two attached hydrogens (primary N) is 1. The van der Waals surface area contributed by atoms with Gasteiger partial charge in [0.25, 0.3) is 0 Å². The standard InChI is InChI=1S/C11H14ClNO3/c1-5-3-7(8(4-13)11(15)16)10(14)9(12)6(5)2/h3,8,14H,4,13H2,1-2H3,(H,15,16). The minimum absolute atomic E-state index is 0.0816. The second kappa shape index (κ2) is 4.72. The summed E-state index contributed by atoms with van der Waals surface area (Å²) in [6.07, 6.45) is 0. The Morgan fingerprint density at radius 3 is 2.56 bits per heavy atom. The average Bonchev–Trinajstić information content (AvgIpc) is 2.23. The highest BCUT2D eigenvalue weighted by atomic mass is 35.5. The molecule has 0 saturated heterocycles. The van der Waals surface area contributed by atoms with Crippen LogP contribution in [0.2, 0.25) is 5.02 Å². The lowest BCUT2D eigenvalue weighted by molar-refractivity contribution is -0.138. The predicted molar refractivity (Wildman–Crippen MR) is 62.0 cm³/mol. The van der Waals surface area contributed by atoms with E-state index >= 15 is 0 Å². The van der Waals surface area contributed by atoms with Crippen molar-refractivity contribution in [2.75, 3.05) is 6.54 Å². The van der Waals surface area contributed by atoms with Gasteiger partial charge in [0.15, 0.2) is 0 Å². The van der Waals surface area contributed by atoms with Crippen LogP contribution < -0.4 is 5.73 Å². The highest BCUT2D eigenvalue weighted by Crippen LogP contribution is 2.36. The maximum Gasteiger partial charge on any atom is 0.312 e. The van der Waals surface area contributed by atoms with Gasteiger partial charge in [-0.25, -0.2) is 0 Å². The molecule has 1 unspecified atom stereocenters. The summed E-state index contributed by atoms with van der Waals surface area (Å²) in [6.45, 7) is 3.49. The summed E-state index contributed by atoms with van der Waals surface area (Å²) in [7, 11) is 0. The number of rotatable bonds is 3. The molecule has 0 aliphatic rings. The van der Waals surface area contributed by atoms with Crippen molar-refractivity contribution in [3.63, 3.8) is 0 Å². The van der Waals surface area contributed by atoms with Crippen molar-refractivity contribution in [1.29, 1.82) is 0 Å². The van der Waals surface area contributed by atoms with Crippen molar-refractivity contribution < 1.29 is 15.0 Å². The van der Waals surface area contributed by atoms with Crippen molar-refractivity contribution in [1.82, 2.24) is 0 Å². The third-order valence-corrected chi connectivity index (χ3v) is 3.15. The number of aryl methyl sites for hydroxylation is 1. The number of phenolic OH excluding ortho intramolecular Hbond substituents is 1. The zero-order valence-corrected chi connectivity index (χ0v) is 9.88. The third-order valence-electron chi connectivity index (χ3n) is 2.68. The number of carboxylic acids is 1. The smallest absolute Gasteiger partial charge is 0.312 e. The van der Waals surface area contributed by atoms with Gasteiger partial charge in [-0.3, -0.25) is 4.79 Å². The Labute approximate surface area is 98.6 Å². The third kappa shape index (κ3) is 2.13. The van der Waals surface area contributed by atoms with E-state index in [0.717, 1.165) is 11.1 Å². The van der Waals surface area contributed by atoms with E-state index in [9.17, 15) is 9.90 Å². The predicted octanol–water partition coefficient (Wildman–Crippen LogP) is 1.79. The van der Waals surface area contributed by atoms with Gasteiger partial charge in [-0.2, -0.15) is 0 Å². The Hall–Kier alpha value is -1.26. The summed E-state index contributed by atoms with van der Waals surface area (Å²) >= 11 is 5.91. The molecule has 0 radical (unpaired) electrons. The number of hydrogen-bond donors (Lipinski definition) is 3. The first-order valence-electron chi connectivity index (χ1n) is 4.81. The molecule has 16 heavy (non-hydrogen) atoms. The van der Waals surface area contributed by atoms with E-state index in [1.54, 1.807) is 19.9 Å². The van der Waals surface area contributed by atoms with Crippen molar-refractivity contribution in [3.05, 3.63) is 27.8 Å². The quantitative estimate of drug-likeness (QED) is 0.756. The second-order valence-corrected chi connectivity index (χ2v) is 4.07. The van der Waals surface area contributed by atoms with Gasteiger partial charge < -0.3 is 15.9 Å². The summed E-state index contributed by atoms with van der Waals surface area (Å²) in [5.74, 6) is -2.20. The van der Waals surface area contributed by atoms with Gasteiger partial charge >= 0.3 is 5.97 Å². The van der Waals surface area contributed by atoms with Crippen molar-refractivity contribution in [2.24, 2.45) is 5.73 Å². The van der Waals surface area contributed by atoms with Crippen LogP contribution in [0.1, 0.15) is 22.6 Å². The molecule has 0 amide bonds. The summed E-state index contributed by atoms with van der Waals surface area (Å²) in [5, 5.41) is 19.0. The molecular weight excluding hydrogens is 230 g/mol. The van der Waals surface area contributed by atoms with Crippen LogP contribution in [0.3, 0.4) is 0 Å². The zero-order valence-electron chi connectivity index (χ0n) is 9.12. The molecular formula is C11H14ClNO3. The molecule has 88 valence electrons. The Bertz CT molecular complexity index is 432. The fraction of sp³-hybridized carbons (Fsp3) is 0.364. The number of carboxylic acid groups (broad SMARTS) is 1. The van der Waals surface area contributed by atoms with Gasteiger partial charge in [0.2, 0.25) is 0 Å². The maximum absolute atomic E-state index is 11.0. The van der Waals surface area contributed by atoms with Crippen LogP contribution in [0.4, 0.5) is 0 Å². The Kier molecular flexibility index (Phi) is 3.78. The SMILES string of the molecule is Cc1cc(C(CN)C(=O)O)c(O)c(Cl)c1C. The molecule has 1 aromatic carbocycles. The van der Waals surface area contributed by atoms with Gasteiger partial charge in [-0.05, 0) is 25.0 Å². The number of aliphatic carboxylic acids is 1. The van der Waals surface area contributed by atoms with E-state index in [1.165, 1.54) is 0 Å². The molecule has 1 atom stereocenters. The second-order valence-electron chi connectivity index (χ2n) is 3.70. The Morgan fingerprint density at radius 1 is 1.56 bits per heavy atom. The molecule has 0 aliphatic heterocycles. The first-order chi connectivity index (χ1) is 7.40. The minimum atomic E-state index is -1.07. The molecule has 0 aliphatic carbocycles. The van der Waals surface area contributed by atoms with Crippen LogP contribution in [0, 0.1) is 13.8 Å². The van der Waals surface area contributed by atoms with Gasteiger partial charge in [0.05, 0.1) is 10.9 Å². The number of benzene rings is 1. The number of hydrogen-bond acceptors (Lipinski definition) is 3. The van der Waals surface area contributed by atoms with Crippen LogP contribution >= 0.6 is 11.6 Å². The molecule has 0 heterocycles. The van der Waals surface area contributed by atoms with Crippen molar-refractivity contribution in [3.8, 4) is 5.75 Å². The van der Waals surface area contributed by atoms with Gasteiger partial charge in [-0.15, -0.1) is 0 Å². The normalized spacial score (nSPS) is 12.5.